The van der Waals surface area contributed by atoms with Crippen LogP contribution < -0.4 is 5.73 Å². The van der Waals surface area contributed by atoms with Crippen molar-refractivity contribution in [2.45, 2.75) is 12.8 Å². The lowest BCUT2D eigenvalue weighted by Gasteiger charge is -2.06. The first kappa shape index (κ1) is 11.4. The van der Waals surface area contributed by atoms with Crippen molar-refractivity contribution in [1.29, 1.82) is 0 Å². The molecule has 4 nitrogen and oxygen atoms in total. The maximum absolute atomic E-state index is 13.3. The van der Waals surface area contributed by atoms with Gasteiger partial charge < -0.3 is 15.4 Å². The fourth-order valence-electron chi connectivity index (χ4n) is 1.96. The number of hydrogen-bond donors (Lipinski definition) is 2. The molecule has 90 valence electrons. The number of aryl methyl sites for hydroxylation is 1. The van der Waals surface area contributed by atoms with Crippen LogP contribution in [-0.2, 0) is 11.8 Å². The molecule has 1 atom stereocenters. The van der Waals surface area contributed by atoms with Crippen molar-refractivity contribution in [3.8, 4) is 5.75 Å². The van der Waals surface area contributed by atoms with Gasteiger partial charge >= 0.3 is 0 Å². The third-order valence-electron chi connectivity index (χ3n) is 3.00. The number of aromatic nitrogens is 1. The van der Waals surface area contributed by atoms with Crippen LogP contribution in [0.25, 0.3) is 10.9 Å². The second kappa shape index (κ2) is 3.76. The Labute approximate surface area is 97.5 Å². The third-order valence-corrected chi connectivity index (χ3v) is 3.00. The van der Waals surface area contributed by atoms with E-state index in [-0.39, 0.29) is 0 Å². The predicted molar refractivity (Wildman–Crippen MR) is 62.2 cm³/mol. The summed E-state index contributed by atoms with van der Waals surface area (Å²) in [6.45, 7) is 1.63. The van der Waals surface area contributed by atoms with Crippen molar-refractivity contribution in [1.82, 2.24) is 4.57 Å². The average molecular weight is 236 g/mol. The summed E-state index contributed by atoms with van der Waals surface area (Å²) in [5.41, 5.74) is 6.43. The predicted octanol–water partition coefficient (Wildman–Crippen LogP) is 1.61. The number of fused-ring (bicyclic) bond motifs is 1. The Morgan fingerprint density at radius 2 is 2.18 bits per heavy atom. The molecule has 3 N–H and O–H groups in total. The second-order valence-corrected chi connectivity index (χ2v) is 4.11. The summed E-state index contributed by atoms with van der Waals surface area (Å²) in [6.07, 6.45) is 1.68. The van der Waals surface area contributed by atoms with Crippen molar-refractivity contribution >= 4 is 16.8 Å². The highest BCUT2D eigenvalue weighted by Gasteiger charge is 2.21. The van der Waals surface area contributed by atoms with Crippen LogP contribution in [0.2, 0.25) is 0 Å². The van der Waals surface area contributed by atoms with E-state index in [4.69, 9.17) is 5.73 Å². The van der Waals surface area contributed by atoms with Gasteiger partial charge in [-0.2, -0.15) is 0 Å². The number of rotatable bonds is 2. The second-order valence-electron chi connectivity index (χ2n) is 4.11. The highest BCUT2D eigenvalue weighted by molar-refractivity contribution is 5.95. The third kappa shape index (κ3) is 1.63. The van der Waals surface area contributed by atoms with Crippen LogP contribution in [0.4, 0.5) is 4.39 Å². The molecule has 0 spiro atoms. The molecule has 0 radical (unpaired) electrons. The standard InChI is InChI=1S/C12H13FN2O2/c1-6(12(14)17)7-5-15(2)9-4-3-8(13)11(16)10(7)9/h3-6,16H,1-2H3,(H2,14,17). The fraction of sp³-hybridized carbons (Fsp3) is 0.250. The normalized spacial score (nSPS) is 12.9. The SMILES string of the molecule is CC(C(N)=O)c1cn(C)c2ccc(F)c(O)c12. The van der Waals surface area contributed by atoms with Gasteiger partial charge in [0.25, 0.3) is 0 Å². The molecule has 0 bridgehead atoms. The number of amides is 1. The van der Waals surface area contributed by atoms with Gasteiger partial charge in [0.05, 0.1) is 11.4 Å². The molecule has 2 aromatic rings. The van der Waals surface area contributed by atoms with E-state index in [0.29, 0.717) is 16.5 Å². The summed E-state index contributed by atoms with van der Waals surface area (Å²) in [4.78, 5) is 11.2. The number of primary amides is 1. The van der Waals surface area contributed by atoms with Gasteiger partial charge in [-0.15, -0.1) is 0 Å². The van der Waals surface area contributed by atoms with E-state index in [9.17, 15) is 14.3 Å². The van der Waals surface area contributed by atoms with Crippen LogP contribution in [0, 0.1) is 5.82 Å². The van der Waals surface area contributed by atoms with Crippen molar-refractivity contribution in [3.05, 3.63) is 29.7 Å². The number of phenolic OH excluding ortho intramolecular Hbond substituents is 1. The van der Waals surface area contributed by atoms with Gasteiger partial charge in [-0.25, -0.2) is 4.39 Å². The maximum Gasteiger partial charge on any atom is 0.224 e. The molecule has 0 aliphatic heterocycles. The molecule has 0 aliphatic rings. The van der Waals surface area contributed by atoms with Crippen LogP contribution >= 0.6 is 0 Å². The number of hydrogen-bond acceptors (Lipinski definition) is 2. The number of aromatic hydroxyl groups is 1. The van der Waals surface area contributed by atoms with Crippen LogP contribution in [0.1, 0.15) is 18.4 Å². The molecular formula is C12H13FN2O2. The van der Waals surface area contributed by atoms with Crippen LogP contribution in [0.15, 0.2) is 18.3 Å². The fourth-order valence-corrected chi connectivity index (χ4v) is 1.96. The lowest BCUT2D eigenvalue weighted by Crippen LogP contribution is -2.18. The Bertz CT molecular complexity index is 604. The van der Waals surface area contributed by atoms with Crippen molar-refractivity contribution in [2.75, 3.05) is 0 Å². The molecule has 0 aliphatic carbocycles. The van der Waals surface area contributed by atoms with Gasteiger partial charge in [0.1, 0.15) is 0 Å². The molecule has 2 rings (SSSR count). The highest BCUT2D eigenvalue weighted by atomic mass is 19.1. The zero-order valence-corrected chi connectivity index (χ0v) is 9.57. The maximum atomic E-state index is 13.3. The minimum absolute atomic E-state index is 0.346. The topological polar surface area (TPSA) is 68.2 Å². The summed E-state index contributed by atoms with van der Waals surface area (Å²) in [5, 5.41) is 10.1. The zero-order chi connectivity index (χ0) is 12.7. The van der Waals surface area contributed by atoms with Gasteiger partial charge in [0.15, 0.2) is 11.6 Å². The molecule has 0 fully saturated rings. The number of nitrogens with zero attached hydrogens (tertiary/aromatic N) is 1. The molecule has 1 aromatic heterocycles. The van der Waals surface area contributed by atoms with Crippen LogP contribution in [0.5, 0.6) is 5.75 Å². The van der Waals surface area contributed by atoms with Crippen molar-refractivity contribution in [2.24, 2.45) is 12.8 Å². The largest absolute Gasteiger partial charge is 0.504 e. The molecule has 1 aromatic carbocycles. The van der Waals surface area contributed by atoms with E-state index in [1.807, 2.05) is 0 Å². The minimum Gasteiger partial charge on any atom is -0.504 e. The Morgan fingerprint density at radius 3 is 2.76 bits per heavy atom. The summed E-state index contributed by atoms with van der Waals surface area (Å²) in [6, 6.07) is 2.75. The first-order valence-corrected chi connectivity index (χ1v) is 5.19. The number of halogens is 1. The first-order valence-electron chi connectivity index (χ1n) is 5.19. The van der Waals surface area contributed by atoms with Gasteiger partial charge in [-0.1, -0.05) is 0 Å². The number of carbonyl (C=O) groups excluding carboxylic acids is 1. The van der Waals surface area contributed by atoms with Crippen LogP contribution in [-0.4, -0.2) is 15.6 Å². The van der Waals surface area contributed by atoms with Crippen molar-refractivity contribution in [3.63, 3.8) is 0 Å². The molecule has 1 amide bonds. The lowest BCUT2D eigenvalue weighted by molar-refractivity contribution is -0.119. The van der Waals surface area contributed by atoms with Gasteiger partial charge in [-0.05, 0) is 24.6 Å². The van der Waals surface area contributed by atoms with E-state index in [1.54, 1.807) is 30.8 Å². The first-order chi connectivity index (χ1) is 7.93. The Hall–Kier alpha value is -2.04. The quantitative estimate of drug-likeness (QED) is 0.831. The van der Waals surface area contributed by atoms with E-state index in [2.05, 4.69) is 0 Å². The molecular weight excluding hydrogens is 223 g/mol. The molecule has 0 saturated heterocycles. The number of phenols is 1. The molecule has 0 saturated carbocycles. The summed E-state index contributed by atoms with van der Waals surface area (Å²) >= 11 is 0. The highest BCUT2D eigenvalue weighted by Crippen LogP contribution is 2.35. The number of carbonyl (C=O) groups is 1. The van der Waals surface area contributed by atoms with E-state index in [1.165, 1.54) is 6.07 Å². The summed E-state index contributed by atoms with van der Waals surface area (Å²) in [7, 11) is 1.76. The van der Waals surface area contributed by atoms with Gasteiger partial charge in [0, 0.05) is 18.6 Å². The van der Waals surface area contributed by atoms with E-state index < -0.39 is 23.4 Å². The van der Waals surface area contributed by atoms with Gasteiger partial charge in [0.2, 0.25) is 5.91 Å². The lowest BCUT2D eigenvalue weighted by atomic mass is 9.99. The molecule has 5 heteroatoms. The average Bonchev–Trinajstić information content (AvgIpc) is 2.60. The summed E-state index contributed by atoms with van der Waals surface area (Å²) in [5.74, 6) is -2.24. The molecule has 17 heavy (non-hydrogen) atoms. The van der Waals surface area contributed by atoms with Gasteiger partial charge in [-0.3, -0.25) is 4.79 Å². The Kier molecular flexibility index (Phi) is 2.53. The minimum atomic E-state index is -0.707. The zero-order valence-electron chi connectivity index (χ0n) is 9.57. The van der Waals surface area contributed by atoms with E-state index >= 15 is 0 Å². The van der Waals surface area contributed by atoms with E-state index in [0.717, 1.165) is 0 Å². The molecule has 1 heterocycles. The monoisotopic (exact) mass is 236 g/mol. The molecule has 1 unspecified atom stereocenters. The summed E-state index contributed by atoms with van der Waals surface area (Å²) < 4.78 is 15.1. The smallest absolute Gasteiger partial charge is 0.224 e. The van der Waals surface area contributed by atoms with Crippen LogP contribution in [0.3, 0.4) is 0 Å². The Morgan fingerprint density at radius 1 is 1.53 bits per heavy atom. The van der Waals surface area contributed by atoms with Crippen molar-refractivity contribution < 1.29 is 14.3 Å². The number of nitrogens with two attached hydrogens (primary N) is 1. The Balaban J connectivity index is 2.81. The number of benzene rings is 1.